The number of benzene rings is 3. The molecule has 3 N–H and O–H groups in total. The van der Waals surface area contributed by atoms with Gasteiger partial charge in [-0.1, -0.05) is 6.92 Å². The third-order valence-corrected chi connectivity index (χ3v) is 11.0. The van der Waals surface area contributed by atoms with Crippen molar-refractivity contribution < 1.29 is 45.8 Å². The number of imide groups is 1. The molecular formula is C41H50F4N8O5S. The van der Waals surface area contributed by atoms with E-state index in [1.54, 1.807) is 36.9 Å². The molecule has 0 aromatic heterocycles. The predicted octanol–water partition coefficient (Wildman–Crippen LogP) is 6.17. The molecule has 2 atom stereocenters. The molecule has 3 aliphatic rings. The molecule has 3 heterocycles. The molecule has 318 valence electrons. The Morgan fingerprint density at radius 1 is 1.07 bits per heavy atom. The van der Waals surface area contributed by atoms with Gasteiger partial charge in [-0.25, -0.2) is 4.39 Å². The van der Waals surface area contributed by atoms with Gasteiger partial charge < -0.3 is 20.3 Å². The van der Waals surface area contributed by atoms with Gasteiger partial charge in [0.2, 0.25) is 17.7 Å². The fraction of sp³-hybridized carbons (Fsp3) is 0.415. The molecule has 13 nitrogen and oxygen atoms in total. The molecule has 3 aliphatic heterocycles. The van der Waals surface area contributed by atoms with Crippen LogP contribution in [0.2, 0.25) is 0 Å². The number of amides is 4. The lowest BCUT2D eigenvalue weighted by molar-refractivity contribution is -0.138. The number of halogens is 4. The maximum absolute atomic E-state index is 14.4. The maximum atomic E-state index is 14.4. The zero-order valence-electron chi connectivity index (χ0n) is 32.9. The van der Waals surface area contributed by atoms with Crippen molar-refractivity contribution in [3.05, 3.63) is 77.1 Å². The number of hydrogen-bond donors (Lipinski definition) is 3. The van der Waals surface area contributed by atoms with Crippen molar-refractivity contribution in [1.29, 1.82) is 5.26 Å². The number of alkyl halides is 3. The second-order valence-electron chi connectivity index (χ2n) is 15.2. The average Bonchev–Trinajstić information content (AvgIpc) is 3.34. The highest BCUT2D eigenvalue weighted by Gasteiger charge is 2.51. The first kappa shape index (κ1) is 43.0. The number of carbonyl (C=O) groups is 4. The van der Waals surface area contributed by atoms with Crippen LogP contribution in [0.3, 0.4) is 0 Å². The Balaban J connectivity index is 0.00000341. The summed E-state index contributed by atoms with van der Waals surface area (Å²) >= 11 is 5.70. The monoisotopic (exact) mass is 842 g/mol. The van der Waals surface area contributed by atoms with Crippen molar-refractivity contribution in [2.75, 3.05) is 59.8 Å². The number of thiocarbonyl (C=S) groups is 1. The van der Waals surface area contributed by atoms with Crippen LogP contribution in [0.5, 0.6) is 5.75 Å². The van der Waals surface area contributed by atoms with Crippen LogP contribution in [0.25, 0.3) is 0 Å². The number of carbonyl (C=O) groups excluding carboxylic acids is 4. The minimum atomic E-state index is -4.81. The van der Waals surface area contributed by atoms with Gasteiger partial charge >= 0.3 is 6.18 Å². The molecule has 3 fully saturated rings. The van der Waals surface area contributed by atoms with Gasteiger partial charge in [0.25, 0.3) is 5.91 Å². The number of nitrogens with one attached hydrogen (secondary N) is 3. The van der Waals surface area contributed by atoms with E-state index in [2.05, 4.69) is 20.9 Å². The molecule has 59 heavy (non-hydrogen) atoms. The van der Waals surface area contributed by atoms with Gasteiger partial charge in [0, 0.05) is 60.0 Å². The van der Waals surface area contributed by atoms with Gasteiger partial charge in [0.05, 0.1) is 29.4 Å². The standard InChI is InChI=1S/C41H44F4N8O5S.3H2/c1-5-25-16-31(53-39(59)52(38(57)40(53,3)4)30-7-6-26(21-46)32(20-30)41(43,44)45)8-10-34(25)58-15-14-50-12-13-51(24(2)22-50)23-36(55)48-29-18-27(42)17-28(19-29)47-33-9-11-35(54)49-37(33)56;;;/h6-8,10,16-20,24,33,47H,5,9,11-15,22-23H2,1-4H3,(H,48,55)(H,49,54,56);3*1H/t24-,33?;;;/m1.../s1. The molecule has 0 radical (unpaired) electrons. The minimum Gasteiger partial charge on any atom is -0.492 e. The number of piperazine rings is 1. The van der Waals surface area contributed by atoms with Gasteiger partial charge in [0.1, 0.15) is 29.8 Å². The van der Waals surface area contributed by atoms with Crippen molar-refractivity contribution >= 4 is 63.7 Å². The van der Waals surface area contributed by atoms with Gasteiger partial charge in [0.15, 0.2) is 5.11 Å². The summed E-state index contributed by atoms with van der Waals surface area (Å²) in [5, 5.41) is 17.2. The lowest BCUT2D eigenvalue weighted by Gasteiger charge is -2.39. The number of piperidine rings is 1. The van der Waals surface area contributed by atoms with Gasteiger partial charge in [-0.2, -0.15) is 18.4 Å². The van der Waals surface area contributed by atoms with E-state index in [0.717, 1.165) is 22.6 Å². The Bertz CT molecular complexity index is 2230. The van der Waals surface area contributed by atoms with E-state index in [1.165, 1.54) is 24.3 Å². The Hall–Kier alpha value is -5.64. The molecule has 0 saturated carbocycles. The van der Waals surface area contributed by atoms with E-state index in [1.807, 2.05) is 24.8 Å². The van der Waals surface area contributed by atoms with Crippen LogP contribution >= 0.6 is 12.2 Å². The predicted molar refractivity (Wildman–Crippen MR) is 223 cm³/mol. The molecule has 1 unspecified atom stereocenters. The summed E-state index contributed by atoms with van der Waals surface area (Å²) in [5.41, 5.74) is -1.09. The number of anilines is 4. The second kappa shape index (κ2) is 17.3. The van der Waals surface area contributed by atoms with Crippen LogP contribution in [0.1, 0.15) is 61.5 Å². The van der Waals surface area contributed by atoms with Crippen LogP contribution in [0, 0.1) is 17.1 Å². The number of nitriles is 1. The first-order chi connectivity index (χ1) is 27.9. The first-order valence-electron chi connectivity index (χ1n) is 19.1. The van der Waals surface area contributed by atoms with E-state index >= 15 is 0 Å². The largest absolute Gasteiger partial charge is 0.492 e. The Kier molecular flexibility index (Phi) is 12.6. The number of hydrogen-bond acceptors (Lipinski definition) is 10. The van der Waals surface area contributed by atoms with E-state index in [0.29, 0.717) is 56.3 Å². The van der Waals surface area contributed by atoms with E-state index in [-0.39, 0.29) is 58.0 Å². The fourth-order valence-electron chi connectivity index (χ4n) is 7.54. The Morgan fingerprint density at radius 3 is 2.47 bits per heavy atom. The lowest BCUT2D eigenvalue weighted by Crippen LogP contribution is -2.54. The van der Waals surface area contributed by atoms with Crippen molar-refractivity contribution in [1.82, 2.24) is 15.1 Å². The molecule has 3 saturated heterocycles. The molecule has 3 aromatic rings. The topological polar surface area (TPSA) is 150 Å². The molecule has 4 amide bonds. The summed E-state index contributed by atoms with van der Waals surface area (Å²) in [4.78, 5) is 57.2. The molecule has 6 rings (SSSR count). The van der Waals surface area contributed by atoms with Gasteiger partial charge in [-0.15, -0.1) is 0 Å². The molecule has 0 spiro atoms. The van der Waals surface area contributed by atoms with Crippen LogP contribution < -0.4 is 30.5 Å². The summed E-state index contributed by atoms with van der Waals surface area (Å²) in [6, 6.07) is 13.3. The summed E-state index contributed by atoms with van der Waals surface area (Å²) in [6.45, 7) is 10.3. The van der Waals surface area contributed by atoms with Crippen LogP contribution in [0.15, 0.2) is 54.6 Å². The normalized spacial score (nSPS) is 20.1. The van der Waals surface area contributed by atoms with Crippen LogP contribution in [0.4, 0.5) is 40.3 Å². The smallest absolute Gasteiger partial charge is 0.417 e. The first-order valence-corrected chi connectivity index (χ1v) is 19.5. The molecule has 18 heteroatoms. The molecule has 0 aliphatic carbocycles. The maximum Gasteiger partial charge on any atom is 0.417 e. The number of rotatable bonds is 12. The van der Waals surface area contributed by atoms with Gasteiger partial charge in [-0.05, 0) is 106 Å². The zero-order chi connectivity index (χ0) is 42.8. The lowest BCUT2D eigenvalue weighted by atomic mass is 10.0. The summed E-state index contributed by atoms with van der Waals surface area (Å²) < 4.78 is 62.0. The summed E-state index contributed by atoms with van der Waals surface area (Å²) in [6.07, 6.45) is -3.78. The summed E-state index contributed by atoms with van der Waals surface area (Å²) in [7, 11) is 0. The zero-order valence-corrected chi connectivity index (χ0v) is 33.7. The van der Waals surface area contributed by atoms with Crippen molar-refractivity contribution in [3.63, 3.8) is 0 Å². The second-order valence-corrected chi connectivity index (χ2v) is 15.6. The quantitative estimate of drug-likeness (QED) is 0.109. The Morgan fingerprint density at radius 2 is 1.80 bits per heavy atom. The van der Waals surface area contributed by atoms with Crippen LogP contribution in [-0.2, 0) is 31.8 Å². The third-order valence-electron chi connectivity index (χ3n) is 10.7. The van der Waals surface area contributed by atoms with Crippen molar-refractivity contribution in [3.8, 4) is 11.8 Å². The highest BCUT2D eigenvalue weighted by molar-refractivity contribution is 7.81. The molecule has 0 bridgehead atoms. The number of aryl methyl sites for hydroxylation is 1. The highest BCUT2D eigenvalue weighted by Crippen LogP contribution is 2.40. The molecular weight excluding hydrogens is 793 g/mol. The van der Waals surface area contributed by atoms with E-state index in [9.17, 15) is 42.0 Å². The minimum absolute atomic E-state index is 0. The third kappa shape index (κ3) is 9.48. The van der Waals surface area contributed by atoms with E-state index < -0.39 is 46.5 Å². The van der Waals surface area contributed by atoms with Crippen molar-refractivity contribution in [2.45, 2.75) is 70.8 Å². The number of ether oxygens (including phenoxy) is 1. The average molecular weight is 843 g/mol. The Labute approximate surface area is 348 Å². The van der Waals surface area contributed by atoms with E-state index in [4.69, 9.17) is 17.0 Å². The van der Waals surface area contributed by atoms with Crippen LogP contribution in [-0.4, -0.2) is 95.5 Å². The number of nitrogens with zero attached hydrogens (tertiary/aromatic N) is 5. The summed E-state index contributed by atoms with van der Waals surface area (Å²) in [5.74, 6) is -1.64. The molecule has 3 aromatic carbocycles. The van der Waals surface area contributed by atoms with Gasteiger partial charge in [-0.3, -0.25) is 39.2 Å². The SMILES string of the molecule is CCc1cc(N2C(=S)N(c3ccc(C#N)c(C(F)(F)F)c3)C(=O)C2(C)C)ccc1OCCN1CCN(CC(=O)Nc2cc(F)cc(NC3CCC(=O)NC3=O)c2)[C@H](C)C1.[HH].[HH].[HH]. The fourth-order valence-corrected chi connectivity index (χ4v) is 8.06. The highest BCUT2D eigenvalue weighted by atomic mass is 32.1. The van der Waals surface area contributed by atoms with Crippen molar-refractivity contribution in [2.24, 2.45) is 0 Å².